The van der Waals surface area contributed by atoms with Crippen molar-refractivity contribution in [2.45, 2.75) is 0 Å². The Morgan fingerprint density at radius 3 is 2.78 bits per heavy atom. The molecule has 88 valence electrons. The molecular formula is C13H9N3O2. The third-order valence-corrected chi connectivity index (χ3v) is 2.73. The molecule has 0 aliphatic carbocycles. The van der Waals surface area contributed by atoms with Crippen LogP contribution in [0.2, 0.25) is 0 Å². The molecule has 0 saturated carbocycles. The summed E-state index contributed by atoms with van der Waals surface area (Å²) in [7, 11) is 0. The van der Waals surface area contributed by atoms with Crippen LogP contribution in [0.25, 0.3) is 16.6 Å². The lowest BCUT2D eigenvalue weighted by atomic mass is 10.1. The maximum absolute atomic E-state index is 11.1. The van der Waals surface area contributed by atoms with E-state index in [4.69, 9.17) is 5.11 Å². The molecule has 5 heteroatoms. The van der Waals surface area contributed by atoms with Crippen molar-refractivity contribution >= 4 is 16.9 Å². The number of pyridine rings is 1. The first-order valence-corrected chi connectivity index (χ1v) is 5.38. The topological polar surface area (TPSA) is 68.0 Å². The summed E-state index contributed by atoms with van der Waals surface area (Å²) in [5.74, 6) is -0.952. The molecule has 0 fully saturated rings. The molecule has 0 amide bonds. The second-order valence-corrected chi connectivity index (χ2v) is 3.81. The van der Waals surface area contributed by atoms with Crippen LogP contribution in [0, 0.1) is 0 Å². The first-order valence-electron chi connectivity index (χ1n) is 5.38. The van der Waals surface area contributed by atoms with Crippen LogP contribution in [0.4, 0.5) is 0 Å². The van der Waals surface area contributed by atoms with E-state index >= 15 is 0 Å². The van der Waals surface area contributed by atoms with E-state index in [1.807, 2.05) is 18.2 Å². The maximum Gasteiger partial charge on any atom is 0.336 e. The van der Waals surface area contributed by atoms with Gasteiger partial charge in [0, 0.05) is 11.6 Å². The number of carboxylic acid groups (broad SMARTS) is 1. The molecule has 2 heterocycles. The zero-order chi connectivity index (χ0) is 12.5. The molecular weight excluding hydrogens is 230 g/mol. The lowest BCUT2D eigenvalue weighted by Crippen LogP contribution is -1.98. The normalized spacial score (nSPS) is 10.7. The summed E-state index contributed by atoms with van der Waals surface area (Å²) < 4.78 is 1.68. The lowest BCUT2D eigenvalue weighted by molar-refractivity contribution is 0.0699. The highest BCUT2D eigenvalue weighted by atomic mass is 16.4. The standard InChI is InChI=1S/C13H9N3O2/c17-13(18)10-4-1-5-12-11(10)8-15-16(12)9-3-2-6-14-7-9/h1-8H,(H,17,18). The van der Waals surface area contributed by atoms with E-state index in [9.17, 15) is 4.79 Å². The number of fused-ring (bicyclic) bond motifs is 1. The minimum Gasteiger partial charge on any atom is -0.478 e. The van der Waals surface area contributed by atoms with Crippen LogP contribution in [0.1, 0.15) is 10.4 Å². The van der Waals surface area contributed by atoms with Crippen molar-refractivity contribution in [2.24, 2.45) is 0 Å². The number of benzene rings is 1. The van der Waals surface area contributed by atoms with E-state index in [1.165, 1.54) is 0 Å². The van der Waals surface area contributed by atoms with Crippen LogP contribution in [-0.4, -0.2) is 25.8 Å². The van der Waals surface area contributed by atoms with Crippen molar-refractivity contribution in [3.63, 3.8) is 0 Å². The molecule has 0 spiro atoms. The van der Waals surface area contributed by atoms with Crippen LogP contribution in [0.15, 0.2) is 48.9 Å². The van der Waals surface area contributed by atoms with Gasteiger partial charge in [0.15, 0.2) is 0 Å². The number of carbonyl (C=O) groups is 1. The molecule has 5 nitrogen and oxygen atoms in total. The highest BCUT2D eigenvalue weighted by Gasteiger charge is 2.12. The highest BCUT2D eigenvalue weighted by molar-refractivity contribution is 6.02. The van der Waals surface area contributed by atoms with Crippen molar-refractivity contribution in [1.82, 2.24) is 14.8 Å². The van der Waals surface area contributed by atoms with Gasteiger partial charge in [0.05, 0.1) is 29.2 Å². The average Bonchev–Trinajstić information content (AvgIpc) is 2.83. The van der Waals surface area contributed by atoms with Crippen LogP contribution >= 0.6 is 0 Å². The van der Waals surface area contributed by atoms with Crippen LogP contribution < -0.4 is 0 Å². The fourth-order valence-electron chi connectivity index (χ4n) is 1.92. The Labute approximate surface area is 102 Å². The Kier molecular flexibility index (Phi) is 2.30. The van der Waals surface area contributed by atoms with E-state index < -0.39 is 5.97 Å². The fraction of sp³-hybridized carbons (Fsp3) is 0. The zero-order valence-corrected chi connectivity index (χ0v) is 9.32. The Morgan fingerprint density at radius 1 is 1.17 bits per heavy atom. The molecule has 1 aromatic carbocycles. The van der Waals surface area contributed by atoms with Gasteiger partial charge in [-0.15, -0.1) is 0 Å². The Balaban J connectivity index is 2.28. The van der Waals surface area contributed by atoms with Crippen molar-refractivity contribution in [1.29, 1.82) is 0 Å². The summed E-state index contributed by atoms with van der Waals surface area (Å²) >= 11 is 0. The van der Waals surface area contributed by atoms with Gasteiger partial charge in [0.25, 0.3) is 0 Å². The molecule has 0 radical (unpaired) electrons. The van der Waals surface area contributed by atoms with Gasteiger partial charge >= 0.3 is 5.97 Å². The van der Waals surface area contributed by atoms with Crippen LogP contribution in [0.5, 0.6) is 0 Å². The predicted molar refractivity (Wildman–Crippen MR) is 65.8 cm³/mol. The number of hydrogen-bond donors (Lipinski definition) is 1. The monoisotopic (exact) mass is 239 g/mol. The molecule has 1 N–H and O–H groups in total. The summed E-state index contributed by atoms with van der Waals surface area (Å²) in [4.78, 5) is 15.1. The number of hydrogen-bond acceptors (Lipinski definition) is 3. The molecule has 3 aromatic rings. The second kappa shape index (κ2) is 3.96. The molecule has 0 unspecified atom stereocenters. The van der Waals surface area contributed by atoms with Gasteiger partial charge in [0.2, 0.25) is 0 Å². The largest absolute Gasteiger partial charge is 0.478 e. The summed E-state index contributed by atoms with van der Waals surface area (Å²) in [6.07, 6.45) is 4.92. The fourth-order valence-corrected chi connectivity index (χ4v) is 1.92. The zero-order valence-electron chi connectivity index (χ0n) is 9.32. The molecule has 0 aliphatic rings. The van der Waals surface area contributed by atoms with E-state index in [2.05, 4.69) is 10.1 Å². The summed E-state index contributed by atoms with van der Waals surface area (Å²) in [5, 5.41) is 14.0. The molecule has 3 rings (SSSR count). The van der Waals surface area contributed by atoms with Crippen LogP contribution in [0.3, 0.4) is 0 Å². The van der Waals surface area contributed by atoms with E-state index in [0.29, 0.717) is 5.39 Å². The molecule has 2 aromatic heterocycles. The molecule has 0 atom stereocenters. The molecule has 18 heavy (non-hydrogen) atoms. The van der Waals surface area contributed by atoms with Gasteiger partial charge in [-0.05, 0) is 24.3 Å². The first kappa shape index (κ1) is 10.5. The summed E-state index contributed by atoms with van der Waals surface area (Å²) in [5.41, 5.74) is 1.81. The van der Waals surface area contributed by atoms with Gasteiger partial charge in [-0.25, -0.2) is 9.48 Å². The van der Waals surface area contributed by atoms with E-state index in [0.717, 1.165) is 11.2 Å². The summed E-state index contributed by atoms with van der Waals surface area (Å²) in [6.45, 7) is 0. The van der Waals surface area contributed by atoms with Gasteiger partial charge in [0.1, 0.15) is 0 Å². The second-order valence-electron chi connectivity index (χ2n) is 3.81. The Bertz CT molecular complexity index is 719. The Morgan fingerprint density at radius 2 is 2.06 bits per heavy atom. The van der Waals surface area contributed by atoms with Gasteiger partial charge < -0.3 is 5.11 Å². The quantitative estimate of drug-likeness (QED) is 0.743. The number of carboxylic acids is 1. The Hall–Kier alpha value is -2.69. The van der Waals surface area contributed by atoms with Gasteiger partial charge in [-0.3, -0.25) is 4.98 Å². The van der Waals surface area contributed by atoms with Gasteiger partial charge in [-0.2, -0.15) is 5.10 Å². The minimum atomic E-state index is -0.952. The van der Waals surface area contributed by atoms with Crippen molar-refractivity contribution < 1.29 is 9.90 Å². The van der Waals surface area contributed by atoms with E-state index in [1.54, 1.807) is 35.4 Å². The van der Waals surface area contributed by atoms with Gasteiger partial charge in [-0.1, -0.05) is 6.07 Å². The minimum absolute atomic E-state index is 0.252. The van der Waals surface area contributed by atoms with Crippen molar-refractivity contribution in [3.05, 3.63) is 54.5 Å². The third kappa shape index (κ3) is 1.53. The number of aromatic nitrogens is 3. The number of aromatic carboxylic acids is 1. The third-order valence-electron chi connectivity index (χ3n) is 2.73. The number of rotatable bonds is 2. The molecule has 0 bridgehead atoms. The van der Waals surface area contributed by atoms with Crippen LogP contribution in [-0.2, 0) is 0 Å². The maximum atomic E-state index is 11.1. The first-order chi connectivity index (χ1) is 8.77. The molecule has 0 aliphatic heterocycles. The lowest BCUT2D eigenvalue weighted by Gasteiger charge is -2.02. The van der Waals surface area contributed by atoms with E-state index in [-0.39, 0.29) is 5.56 Å². The average molecular weight is 239 g/mol. The number of nitrogens with zero attached hydrogens (tertiary/aromatic N) is 3. The smallest absolute Gasteiger partial charge is 0.336 e. The predicted octanol–water partition coefficient (Wildman–Crippen LogP) is 2.12. The highest BCUT2D eigenvalue weighted by Crippen LogP contribution is 2.21. The van der Waals surface area contributed by atoms with Crippen molar-refractivity contribution in [3.8, 4) is 5.69 Å². The summed E-state index contributed by atoms with van der Waals surface area (Å²) in [6, 6.07) is 8.79. The van der Waals surface area contributed by atoms with Crippen molar-refractivity contribution in [2.75, 3.05) is 0 Å². The molecule has 0 saturated heterocycles. The SMILES string of the molecule is O=C(O)c1cccc2c1cnn2-c1cccnc1.